The Morgan fingerprint density at radius 1 is 1.37 bits per heavy atom. The van der Waals surface area contributed by atoms with Crippen LogP contribution in [0.15, 0.2) is 23.0 Å². The van der Waals surface area contributed by atoms with Crippen LogP contribution in [0, 0.1) is 5.95 Å². The Kier molecular flexibility index (Phi) is 3.24. The SMILES string of the molecule is O=c1[nH]c2nc(F)ccc2cc1C1CCN(Cl)CC1. The number of aromatic amines is 1. The number of fused-ring (bicyclic) bond motifs is 1. The Labute approximate surface area is 114 Å². The summed E-state index contributed by atoms with van der Waals surface area (Å²) in [6, 6.07) is 4.74. The van der Waals surface area contributed by atoms with Gasteiger partial charge in [0.25, 0.3) is 5.56 Å². The van der Waals surface area contributed by atoms with E-state index in [0.29, 0.717) is 5.65 Å². The Bertz CT molecular complexity index is 664. The molecular weight excluding hydrogens is 269 g/mol. The quantitative estimate of drug-likeness (QED) is 0.645. The van der Waals surface area contributed by atoms with E-state index in [9.17, 15) is 9.18 Å². The summed E-state index contributed by atoms with van der Waals surface area (Å²) in [5, 5.41) is 0.754. The zero-order valence-electron chi connectivity index (χ0n) is 10.2. The molecule has 0 aromatic carbocycles. The van der Waals surface area contributed by atoms with Gasteiger partial charge in [-0.2, -0.15) is 4.39 Å². The Morgan fingerprint density at radius 2 is 2.11 bits per heavy atom. The lowest BCUT2D eigenvalue weighted by Gasteiger charge is -2.26. The Balaban J connectivity index is 2.02. The zero-order chi connectivity index (χ0) is 13.4. The third-order valence-electron chi connectivity index (χ3n) is 3.58. The van der Waals surface area contributed by atoms with Gasteiger partial charge in [-0.1, -0.05) is 0 Å². The fourth-order valence-corrected chi connectivity index (χ4v) is 2.73. The van der Waals surface area contributed by atoms with Crippen LogP contribution in [0.4, 0.5) is 4.39 Å². The minimum atomic E-state index is -0.591. The first-order chi connectivity index (χ1) is 9.13. The second kappa shape index (κ2) is 4.90. The summed E-state index contributed by atoms with van der Waals surface area (Å²) in [6.45, 7) is 1.54. The van der Waals surface area contributed by atoms with E-state index in [0.717, 1.165) is 36.9 Å². The maximum absolute atomic E-state index is 13.0. The number of pyridine rings is 2. The molecule has 3 rings (SSSR count). The highest BCUT2D eigenvalue weighted by Gasteiger charge is 2.22. The summed E-state index contributed by atoms with van der Waals surface area (Å²) in [6.07, 6.45) is 1.71. The number of halogens is 2. The van der Waals surface area contributed by atoms with Crippen molar-refractivity contribution in [1.82, 2.24) is 14.4 Å². The minimum absolute atomic E-state index is 0.182. The normalized spacial score (nSPS) is 18.0. The highest BCUT2D eigenvalue weighted by molar-refractivity contribution is 6.13. The summed E-state index contributed by atoms with van der Waals surface area (Å²) >= 11 is 5.92. The van der Waals surface area contributed by atoms with Crippen LogP contribution in [0.3, 0.4) is 0 Å². The molecule has 0 radical (unpaired) electrons. The number of hydrogen-bond acceptors (Lipinski definition) is 3. The lowest BCUT2D eigenvalue weighted by Crippen LogP contribution is -2.28. The predicted molar refractivity (Wildman–Crippen MR) is 71.7 cm³/mol. The van der Waals surface area contributed by atoms with E-state index in [1.54, 1.807) is 10.5 Å². The van der Waals surface area contributed by atoms with Gasteiger partial charge in [-0.15, -0.1) is 0 Å². The second-order valence-corrected chi connectivity index (χ2v) is 5.29. The molecule has 0 unspecified atom stereocenters. The fraction of sp³-hybridized carbons (Fsp3) is 0.385. The first-order valence-electron chi connectivity index (χ1n) is 6.24. The molecule has 0 amide bonds. The molecule has 100 valence electrons. The number of rotatable bonds is 1. The van der Waals surface area contributed by atoms with Crippen molar-refractivity contribution in [3.05, 3.63) is 40.1 Å². The van der Waals surface area contributed by atoms with Crippen LogP contribution in [0.5, 0.6) is 0 Å². The molecule has 19 heavy (non-hydrogen) atoms. The van der Waals surface area contributed by atoms with E-state index in [4.69, 9.17) is 11.8 Å². The Morgan fingerprint density at radius 3 is 2.84 bits per heavy atom. The van der Waals surface area contributed by atoms with Gasteiger partial charge in [0.15, 0.2) is 0 Å². The van der Waals surface area contributed by atoms with Gasteiger partial charge in [0, 0.05) is 24.0 Å². The third kappa shape index (κ3) is 2.48. The van der Waals surface area contributed by atoms with Gasteiger partial charge in [0.2, 0.25) is 5.95 Å². The van der Waals surface area contributed by atoms with E-state index in [1.165, 1.54) is 6.07 Å². The average molecular weight is 282 g/mol. The van der Waals surface area contributed by atoms with Crippen LogP contribution >= 0.6 is 11.8 Å². The summed E-state index contributed by atoms with van der Waals surface area (Å²) in [7, 11) is 0. The number of H-pyrrole nitrogens is 1. The van der Waals surface area contributed by atoms with Crippen LogP contribution in [0.25, 0.3) is 11.0 Å². The summed E-state index contributed by atoms with van der Waals surface area (Å²) in [4.78, 5) is 18.4. The molecule has 1 N–H and O–H groups in total. The van der Waals surface area contributed by atoms with E-state index >= 15 is 0 Å². The van der Waals surface area contributed by atoms with Crippen LogP contribution in [-0.4, -0.2) is 27.5 Å². The molecule has 0 spiro atoms. The highest BCUT2D eigenvalue weighted by atomic mass is 35.5. The largest absolute Gasteiger partial charge is 0.306 e. The topological polar surface area (TPSA) is 49.0 Å². The summed E-state index contributed by atoms with van der Waals surface area (Å²) < 4.78 is 14.8. The third-order valence-corrected chi connectivity index (χ3v) is 3.92. The van der Waals surface area contributed by atoms with Gasteiger partial charge in [0.1, 0.15) is 5.65 Å². The van der Waals surface area contributed by atoms with Crippen LogP contribution in [-0.2, 0) is 0 Å². The van der Waals surface area contributed by atoms with Crippen molar-refractivity contribution in [3.8, 4) is 0 Å². The summed E-state index contributed by atoms with van der Waals surface area (Å²) in [5.74, 6) is -0.389. The molecular formula is C13H13ClFN3O. The molecule has 1 aliphatic rings. The standard InChI is InChI=1S/C13H13ClFN3O/c14-18-5-3-8(4-6-18)10-7-9-1-2-11(15)16-12(9)17-13(10)19/h1-2,7-8H,3-6H2,(H,16,17,19). The van der Waals surface area contributed by atoms with Crippen LogP contribution in [0.1, 0.15) is 24.3 Å². The van der Waals surface area contributed by atoms with Crippen molar-refractivity contribution in [2.24, 2.45) is 0 Å². The Hall–Kier alpha value is -1.46. The van der Waals surface area contributed by atoms with Crippen molar-refractivity contribution in [2.45, 2.75) is 18.8 Å². The summed E-state index contributed by atoms with van der Waals surface area (Å²) in [5.41, 5.74) is 0.854. The molecule has 2 aromatic heterocycles. The molecule has 6 heteroatoms. The molecule has 0 bridgehead atoms. The molecule has 3 heterocycles. The van der Waals surface area contributed by atoms with E-state index in [1.807, 2.05) is 6.07 Å². The van der Waals surface area contributed by atoms with Gasteiger partial charge in [-0.05, 0) is 48.7 Å². The predicted octanol–water partition coefficient (Wildman–Crippen LogP) is 2.40. The number of nitrogens with one attached hydrogen (secondary N) is 1. The van der Waals surface area contributed by atoms with E-state index in [-0.39, 0.29) is 11.5 Å². The van der Waals surface area contributed by atoms with Crippen LogP contribution < -0.4 is 5.56 Å². The van der Waals surface area contributed by atoms with Crippen molar-refractivity contribution < 1.29 is 4.39 Å². The van der Waals surface area contributed by atoms with E-state index < -0.39 is 5.95 Å². The lowest BCUT2D eigenvalue weighted by atomic mass is 9.90. The van der Waals surface area contributed by atoms with Gasteiger partial charge in [-0.25, -0.2) is 9.40 Å². The van der Waals surface area contributed by atoms with Crippen molar-refractivity contribution in [3.63, 3.8) is 0 Å². The monoisotopic (exact) mass is 281 g/mol. The van der Waals surface area contributed by atoms with Crippen molar-refractivity contribution >= 4 is 22.8 Å². The smallest absolute Gasteiger partial charge is 0.253 e. The van der Waals surface area contributed by atoms with Gasteiger partial charge >= 0.3 is 0 Å². The molecule has 2 aromatic rings. The van der Waals surface area contributed by atoms with Gasteiger partial charge < -0.3 is 4.98 Å². The molecule has 1 saturated heterocycles. The zero-order valence-corrected chi connectivity index (χ0v) is 11.0. The molecule has 0 saturated carbocycles. The molecule has 0 aliphatic carbocycles. The molecule has 1 aliphatic heterocycles. The number of hydrogen-bond donors (Lipinski definition) is 1. The molecule has 0 atom stereocenters. The first kappa shape index (κ1) is 12.6. The maximum atomic E-state index is 13.0. The van der Waals surface area contributed by atoms with Gasteiger partial charge in [0.05, 0.1) is 0 Å². The number of piperidine rings is 1. The highest BCUT2D eigenvalue weighted by Crippen LogP contribution is 2.27. The lowest BCUT2D eigenvalue weighted by molar-refractivity contribution is 0.335. The molecule has 1 fully saturated rings. The van der Waals surface area contributed by atoms with Gasteiger partial charge in [-0.3, -0.25) is 4.79 Å². The van der Waals surface area contributed by atoms with E-state index in [2.05, 4.69) is 9.97 Å². The fourth-order valence-electron chi connectivity index (χ4n) is 2.54. The second-order valence-electron chi connectivity index (χ2n) is 4.81. The van der Waals surface area contributed by atoms with Crippen LogP contribution in [0.2, 0.25) is 0 Å². The van der Waals surface area contributed by atoms with Crippen molar-refractivity contribution in [2.75, 3.05) is 13.1 Å². The number of aromatic nitrogens is 2. The first-order valence-corrected chi connectivity index (χ1v) is 6.57. The minimum Gasteiger partial charge on any atom is -0.306 e. The van der Waals surface area contributed by atoms with Crippen molar-refractivity contribution in [1.29, 1.82) is 0 Å². The average Bonchev–Trinajstić information content (AvgIpc) is 2.39. The molecule has 4 nitrogen and oxygen atoms in total. The maximum Gasteiger partial charge on any atom is 0.253 e. The number of nitrogens with zero attached hydrogens (tertiary/aromatic N) is 2.